The summed E-state index contributed by atoms with van der Waals surface area (Å²) >= 11 is 0. The molecule has 0 bridgehead atoms. The van der Waals surface area contributed by atoms with Crippen LogP contribution in [0.2, 0.25) is 0 Å². The van der Waals surface area contributed by atoms with Crippen LogP contribution in [0.15, 0.2) is 60.7 Å². The zero-order chi connectivity index (χ0) is 28.6. The van der Waals surface area contributed by atoms with E-state index < -0.39 is 52.2 Å². The molecule has 0 atom stereocenters. The molecule has 4 aromatic carbocycles. The van der Waals surface area contributed by atoms with E-state index in [9.17, 15) is 17.6 Å². The predicted octanol–water partition coefficient (Wildman–Crippen LogP) is 10.4. The molecule has 0 aliphatic heterocycles. The molecule has 0 spiro atoms. The zero-order valence-corrected chi connectivity index (χ0v) is 21.7. The van der Waals surface area contributed by atoms with Gasteiger partial charge in [0.1, 0.15) is 0 Å². The van der Waals surface area contributed by atoms with Gasteiger partial charge in [-0.25, -0.2) is 22.0 Å². The smallest absolute Gasteiger partial charge is 0.400 e. The number of benzene rings is 4. The Bertz CT molecular complexity index is 1520. The molecular formula is C32H27F7O. The Balaban J connectivity index is 1.41. The van der Waals surface area contributed by atoms with Gasteiger partial charge in [0.15, 0.2) is 34.8 Å². The average molecular weight is 561 g/mol. The maximum absolute atomic E-state index is 15.3. The number of hydrogen-bond donors (Lipinski definition) is 0. The summed E-state index contributed by atoms with van der Waals surface area (Å²) in [6.45, 7) is 2.05. The predicted molar refractivity (Wildman–Crippen MR) is 141 cm³/mol. The molecule has 40 heavy (non-hydrogen) atoms. The fourth-order valence-electron chi connectivity index (χ4n) is 5.59. The first-order valence-corrected chi connectivity index (χ1v) is 13.3. The number of rotatable bonds is 7. The molecule has 0 radical (unpaired) electrons. The second-order valence-corrected chi connectivity index (χ2v) is 10.4. The van der Waals surface area contributed by atoms with E-state index >= 15 is 13.2 Å². The van der Waals surface area contributed by atoms with Gasteiger partial charge < -0.3 is 4.74 Å². The number of ether oxygens (including phenoxy) is 1. The first kappa shape index (κ1) is 28.0. The standard InChI is InChI=1S/C32H27F7O/c1-2-3-18-4-12-23(13-5-18)32(38,39)40-27-15-11-22-16-24(29(35)31(37)28(22)30(27)36)20-8-6-19(7-9-20)21-10-14-25(33)26(34)17-21/h6-11,14-18,23H,2-5,12-13H2,1H3. The van der Waals surface area contributed by atoms with Crippen molar-refractivity contribution in [3.05, 3.63) is 89.7 Å². The first-order valence-electron chi connectivity index (χ1n) is 13.3. The highest BCUT2D eigenvalue weighted by molar-refractivity contribution is 5.90. The average Bonchev–Trinajstić information content (AvgIpc) is 2.94. The van der Waals surface area contributed by atoms with Crippen molar-refractivity contribution in [3.8, 4) is 28.0 Å². The lowest BCUT2D eigenvalue weighted by Gasteiger charge is -2.33. The van der Waals surface area contributed by atoms with Gasteiger partial charge in [-0.05, 0) is 77.9 Å². The van der Waals surface area contributed by atoms with E-state index in [0.717, 1.165) is 31.0 Å². The number of alkyl halides is 2. The lowest BCUT2D eigenvalue weighted by molar-refractivity contribution is -0.224. The molecule has 1 fully saturated rings. The van der Waals surface area contributed by atoms with Crippen LogP contribution in [0.1, 0.15) is 45.4 Å². The molecule has 0 aromatic heterocycles. The van der Waals surface area contributed by atoms with Crippen molar-refractivity contribution >= 4 is 10.8 Å². The summed E-state index contributed by atoms with van der Waals surface area (Å²) in [5.74, 6) is -7.83. The Kier molecular flexibility index (Phi) is 7.80. The largest absolute Gasteiger partial charge is 0.429 e. The second kappa shape index (κ2) is 11.1. The number of halogens is 7. The third kappa shape index (κ3) is 5.40. The molecule has 0 amide bonds. The summed E-state index contributed by atoms with van der Waals surface area (Å²) in [5.41, 5.74) is 0.965. The van der Waals surface area contributed by atoms with E-state index in [-0.39, 0.29) is 29.4 Å². The Hall–Kier alpha value is -3.55. The Morgan fingerprint density at radius 3 is 2.00 bits per heavy atom. The molecule has 0 unspecified atom stereocenters. The lowest BCUT2D eigenvalue weighted by Crippen LogP contribution is -2.37. The molecule has 0 heterocycles. The van der Waals surface area contributed by atoms with Gasteiger partial charge in [0, 0.05) is 5.56 Å². The van der Waals surface area contributed by atoms with Crippen LogP contribution in [0.25, 0.3) is 33.0 Å². The molecule has 210 valence electrons. The van der Waals surface area contributed by atoms with Crippen LogP contribution >= 0.6 is 0 Å². The minimum absolute atomic E-state index is 0.0353. The van der Waals surface area contributed by atoms with Gasteiger partial charge >= 0.3 is 6.11 Å². The van der Waals surface area contributed by atoms with Crippen LogP contribution < -0.4 is 4.74 Å². The summed E-state index contributed by atoms with van der Waals surface area (Å²) < 4.78 is 107. The van der Waals surface area contributed by atoms with Crippen molar-refractivity contribution < 1.29 is 35.5 Å². The van der Waals surface area contributed by atoms with Crippen molar-refractivity contribution in [2.75, 3.05) is 0 Å². The quantitative estimate of drug-likeness (QED) is 0.204. The van der Waals surface area contributed by atoms with Gasteiger partial charge in [-0.15, -0.1) is 0 Å². The van der Waals surface area contributed by atoms with Crippen LogP contribution in [0.4, 0.5) is 30.7 Å². The molecule has 0 saturated heterocycles. The van der Waals surface area contributed by atoms with Crippen LogP contribution in [0.5, 0.6) is 5.75 Å². The fourth-order valence-corrected chi connectivity index (χ4v) is 5.59. The summed E-state index contributed by atoms with van der Waals surface area (Å²) in [5, 5.41) is -0.813. The fraction of sp³-hybridized carbons (Fsp3) is 0.312. The molecule has 1 nitrogen and oxygen atoms in total. The number of hydrogen-bond acceptors (Lipinski definition) is 1. The van der Waals surface area contributed by atoms with E-state index in [1.165, 1.54) is 42.5 Å². The molecule has 1 aliphatic carbocycles. The minimum atomic E-state index is -3.66. The van der Waals surface area contributed by atoms with Gasteiger partial charge in [0.2, 0.25) is 0 Å². The lowest BCUT2D eigenvalue weighted by atomic mass is 9.79. The van der Waals surface area contributed by atoms with Gasteiger partial charge in [-0.3, -0.25) is 0 Å². The van der Waals surface area contributed by atoms with E-state index in [4.69, 9.17) is 4.74 Å². The SMILES string of the molecule is CCCC1CCC(C(F)(F)Oc2ccc3cc(-c4ccc(-c5ccc(F)c(F)c5)cc4)c(F)c(F)c3c2F)CC1. The Morgan fingerprint density at radius 2 is 1.35 bits per heavy atom. The topological polar surface area (TPSA) is 9.23 Å². The Labute approximate surface area is 227 Å². The normalized spacial score (nSPS) is 17.8. The molecular weight excluding hydrogens is 533 g/mol. The summed E-state index contributed by atoms with van der Waals surface area (Å²) in [7, 11) is 0. The van der Waals surface area contributed by atoms with Crippen molar-refractivity contribution in [1.29, 1.82) is 0 Å². The number of fused-ring (bicyclic) bond motifs is 1. The molecule has 5 rings (SSSR count). The van der Waals surface area contributed by atoms with Crippen molar-refractivity contribution in [1.82, 2.24) is 0 Å². The molecule has 8 heteroatoms. The maximum atomic E-state index is 15.3. The van der Waals surface area contributed by atoms with Crippen LogP contribution in [-0.2, 0) is 0 Å². The highest BCUT2D eigenvalue weighted by Crippen LogP contribution is 2.43. The first-order chi connectivity index (χ1) is 19.1. The van der Waals surface area contributed by atoms with Gasteiger partial charge in [-0.2, -0.15) is 8.78 Å². The molecule has 1 saturated carbocycles. The summed E-state index contributed by atoms with van der Waals surface area (Å²) in [6.07, 6.45) is 0.0721. The van der Waals surface area contributed by atoms with Crippen molar-refractivity contribution in [2.24, 2.45) is 11.8 Å². The van der Waals surface area contributed by atoms with Crippen molar-refractivity contribution in [2.45, 2.75) is 51.6 Å². The molecule has 0 N–H and O–H groups in total. The van der Waals surface area contributed by atoms with E-state index in [2.05, 4.69) is 0 Å². The minimum Gasteiger partial charge on any atom is -0.429 e. The van der Waals surface area contributed by atoms with Crippen LogP contribution in [-0.4, -0.2) is 6.11 Å². The third-order valence-corrected chi connectivity index (χ3v) is 7.80. The highest BCUT2D eigenvalue weighted by Gasteiger charge is 2.44. The van der Waals surface area contributed by atoms with Gasteiger partial charge in [0.25, 0.3) is 0 Å². The summed E-state index contributed by atoms with van der Waals surface area (Å²) in [6, 6.07) is 12.8. The monoisotopic (exact) mass is 560 g/mol. The van der Waals surface area contributed by atoms with E-state index in [1.807, 2.05) is 6.92 Å². The highest BCUT2D eigenvalue weighted by atomic mass is 19.3. The van der Waals surface area contributed by atoms with Gasteiger partial charge in [-0.1, -0.05) is 56.2 Å². The Morgan fingerprint density at radius 1 is 0.700 bits per heavy atom. The summed E-state index contributed by atoms with van der Waals surface area (Å²) in [4.78, 5) is 0. The van der Waals surface area contributed by atoms with E-state index in [1.54, 1.807) is 0 Å². The molecule has 1 aliphatic rings. The van der Waals surface area contributed by atoms with Crippen LogP contribution in [0, 0.1) is 40.9 Å². The zero-order valence-electron chi connectivity index (χ0n) is 21.7. The second-order valence-electron chi connectivity index (χ2n) is 10.4. The van der Waals surface area contributed by atoms with Gasteiger partial charge in [0.05, 0.1) is 11.3 Å². The molecule has 4 aromatic rings. The maximum Gasteiger partial charge on any atom is 0.400 e. The third-order valence-electron chi connectivity index (χ3n) is 7.80. The van der Waals surface area contributed by atoms with Crippen molar-refractivity contribution in [3.63, 3.8) is 0 Å². The van der Waals surface area contributed by atoms with Crippen LogP contribution in [0.3, 0.4) is 0 Å². The van der Waals surface area contributed by atoms with E-state index in [0.29, 0.717) is 29.9 Å².